The molecule has 0 aliphatic rings. The van der Waals surface area contributed by atoms with E-state index in [1.165, 1.54) is 10.5 Å². The van der Waals surface area contributed by atoms with Gasteiger partial charge in [-0.3, -0.25) is 0 Å². The molecular formula is C21H28N2O2. The summed E-state index contributed by atoms with van der Waals surface area (Å²) in [6.45, 7) is 4.51. The molecular weight excluding hydrogens is 312 g/mol. The van der Waals surface area contributed by atoms with Crippen LogP contribution in [0.25, 0.3) is 0 Å². The first-order valence-corrected chi connectivity index (χ1v) is 8.67. The van der Waals surface area contributed by atoms with Gasteiger partial charge in [0.05, 0.1) is 0 Å². The van der Waals surface area contributed by atoms with E-state index >= 15 is 0 Å². The molecule has 0 saturated heterocycles. The van der Waals surface area contributed by atoms with E-state index in [2.05, 4.69) is 24.0 Å². The van der Waals surface area contributed by atoms with Crippen molar-refractivity contribution in [1.29, 1.82) is 0 Å². The molecule has 0 bridgehead atoms. The zero-order valence-corrected chi connectivity index (χ0v) is 15.5. The van der Waals surface area contributed by atoms with Gasteiger partial charge in [-0.2, -0.15) is 0 Å². The van der Waals surface area contributed by atoms with Gasteiger partial charge in [-0.15, -0.1) is 0 Å². The minimum absolute atomic E-state index is 0.0881. The quantitative estimate of drug-likeness (QED) is 0.811. The van der Waals surface area contributed by atoms with Gasteiger partial charge in [0.15, 0.2) is 0 Å². The average molecular weight is 340 g/mol. The Balaban J connectivity index is 2.13. The number of carbonyl (C=O) groups is 1. The molecule has 0 radical (unpaired) electrons. The fourth-order valence-corrected chi connectivity index (χ4v) is 2.92. The number of hydrogen-bond donors (Lipinski definition) is 1. The lowest BCUT2D eigenvalue weighted by Gasteiger charge is -2.27. The van der Waals surface area contributed by atoms with Gasteiger partial charge in [0.1, 0.15) is 0 Å². The summed E-state index contributed by atoms with van der Waals surface area (Å²) < 4.78 is 0. The Morgan fingerprint density at radius 3 is 2.24 bits per heavy atom. The molecule has 0 saturated carbocycles. The lowest BCUT2D eigenvalue weighted by Crippen LogP contribution is -2.38. The lowest BCUT2D eigenvalue weighted by molar-refractivity contribution is 0.124. The van der Waals surface area contributed by atoms with Crippen molar-refractivity contribution >= 4 is 6.09 Å². The Morgan fingerprint density at radius 2 is 1.64 bits per heavy atom. The molecule has 4 nitrogen and oxygen atoms in total. The van der Waals surface area contributed by atoms with Crippen LogP contribution in [-0.4, -0.2) is 41.1 Å². The molecule has 0 spiro atoms. The molecule has 0 aromatic heterocycles. The molecule has 4 heteroatoms. The van der Waals surface area contributed by atoms with Crippen molar-refractivity contribution < 1.29 is 9.90 Å². The Kier molecular flexibility index (Phi) is 6.59. The first-order chi connectivity index (χ1) is 11.9. The van der Waals surface area contributed by atoms with Crippen LogP contribution >= 0.6 is 0 Å². The van der Waals surface area contributed by atoms with Crippen LogP contribution in [0.3, 0.4) is 0 Å². The summed E-state index contributed by atoms with van der Waals surface area (Å²) in [6, 6.07) is 18.4. The van der Waals surface area contributed by atoms with Gasteiger partial charge < -0.3 is 14.9 Å². The van der Waals surface area contributed by atoms with Crippen LogP contribution in [0.2, 0.25) is 0 Å². The second-order valence-electron chi connectivity index (χ2n) is 6.83. The molecule has 2 aromatic carbocycles. The maximum atomic E-state index is 11.8. The number of hydrogen-bond acceptors (Lipinski definition) is 2. The highest BCUT2D eigenvalue weighted by Crippen LogP contribution is 2.20. The summed E-state index contributed by atoms with van der Waals surface area (Å²) >= 11 is 0. The number of rotatable bonds is 7. The van der Waals surface area contributed by atoms with Gasteiger partial charge in [0.2, 0.25) is 0 Å². The highest BCUT2D eigenvalue weighted by molar-refractivity contribution is 5.65. The highest BCUT2D eigenvalue weighted by Gasteiger charge is 2.20. The van der Waals surface area contributed by atoms with Gasteiger partial charge in [0, 0.05) is 18.6 Å². The van der Waals surface area contributed by atoms with Crippen molar-refractivity contribution in [3.05, 3.63) is 71.3 Å². The number of carboxylic acid groups (broad SMARTS) is 1. The molecule has 2 rings (SSSR count). The van der Waals surface area contributed by atoms with E-state index < -0.39 is 6.09 Å². The molecule has 2 atom stereocenters. The van der Waals surface area contributed by atoms with E-state index in [1.54, 1.807) is 0 Å². The molecule has 0 heterocycles. The number of amides is 1. The zero-order valence-electron chi connectivity index (χ0n) is 15.5. The Morgan fingerprint density at radius 1 is 1.00 bits per heavy atom. The largest absolute Gasteiger partial charge is 0.465 e. The van der Waals surface area contributed by atoms with Crippen LogP contribution in [0, 0.1) is 0 Å². The normalized spacial score (nSPS) is 13.5. The molecule has 25 heavy (non-hydrogen) atoms. The van der Waals surface area contributed by atoms with E-state index in [9.17, 15) is 9.90 Å². The third-order valence-electron chi connectivity index (χ3n) is 4.71. The number of benzene rings is 2. The number of nitrogens with zero attached hydrogens (tertiary/aromatic N) is 2. The third-order valence-corrected chi connectivity index (χ3v) is 4.71. The van der Waals surface area contributed by atoms with Gasteiger partial charge in [-0.1, -0.05) is 54.6 Å². The summed E-state index contributed by atoms with van der Waals surface area (Å²) in [5.74, 6) is 0. The summed E-state index contributed by atoms with van der Waals surface area (Å²) in [7, 11) is 4.09. The first-order valence-electron chi connectivity index (χ1n) is 8.67. The Hall–Kier alpha value is -2.33. The predicted octanol–water partition coefficient (Wildman–Crippen LogP) is 4.42. The van der Waals surface area contributed by atoms with E-state index in [1.807, 2.05) is 63.5 Å². The second kappa shape index (κ2) is 8.67. The van der Waals surface area contributed by atoms with E-state index in [-0.39, 0.29) is 6.04 Å². The fourth-order valence-electron chi connectivity index (χ4n) is 2.92. The van der Waals surface area contributed by atoms with Gasteiger partial charge in [0.25, 0.3) is 0 Å². The van der Waals surface area contributed by atoms with Crippen LogP contribution in [0.5, 0.6) is 0 Å². The second-order valence-corrected chi connectivity index (χ2v) is 6.83. The van der Waals surface area contributed by atoms with Crippen LogP contribution in [-0.2, 0) is 13.0 Å². The molecule has 0 aliphatic heterocycles. The van der Waals surface area contributed by atoms with E-state index in [4.69, 9.17) is 0 Å². The topological polar surface area (TPSA) is 43.8 Å². The summed E-state index contributed by atoms with van der Waals surface area (Å²) in [5, 5.41) is 9.67. The van der Waals surface area contributed by atoms with Crippen LogP contribution in [0.1, 0.15) is 36.6 Å². The standard InChI is InChI=1S/C21H28N2O2/c1-16(13-18-9-6-5-7-10-18)23(21(24)25)15-19-11-8-12-20(14-19)17(2)22(3)4/h5-12,14,16-17H,13,15H2,1-4H3,(H,24,25)/t16-,17+/m1/s1. The van der Waals surface area contributed by atoms with E-state index in [0.717, 1.165) is 11.1 Å². The van der Waals surface area contributed by atoms with Crippen molar-refractivity contribution in [3.63, 3.8) is 0 Å². The maximum Gasteiger partial charge on any atom is 0.407 e. The summed E-state index contributed by atoms with van der Waals surface area (Å²) in [4.78, 5) is 15.4. The minimum Gasteiger partial charge on any atom is -0.465 e. The molecule has 0 fully saturated rings. The molecule has 1 N–H and O–H groups in total. The monoisotopic (exact) mass is 340 g/mol. The van der Waals surface area contributed by atoms with Crippen molar-refractivity contribution in [3.8, 4) is 0 Å². The van der Waals surface area contributed by atoms with Crippen molar-refractivity contribution in [2.24, 2.45) is 0 Å². The Labute approximate surface area is 150 Å². The molecule has 2 aromatic rings. The third kappa shape index (κ3) is 5.33. The Bertz CT molecular complexity index is 685. The van der Waals surface area contributed by atoms with Crippen molar-refractivity contribution in [1.82, 2.24) is 9.80 Å². The molecule has 0 unspecified atom stereocenters. The molecule has 0 aliphatic carbocycles. The smallest absolute Gasteiger partial charge is 0.407 e. The van der Waals surface area contributed by atoms with Crippen molar-refractivity contribution in [2.75, 3.05) is 14.1 Å². The summed E-state index contributed by atoms with van der Waals surface area (Å²) in [6.07, 6.45) is -0.171. The van der Waals surface area contributed by atoms with Gasteiger partial charge in [-0.25, -0.2) is 4.79 Å². The molecule has 1 amide bonds. The highest BCUT2D eigenvalue weighted by atomic mass is 16.4. The van der Waals surface area contributed by atoms with Crippen LogP contribution in [0.15, 0.2) is 54.6 Å². The minimum atomic E-state index is -0.880. The van der Waals surface area contributed by atoms with Crippen molar-refractivity contribution in [2.45, 2.75) is 38.9 Å². The lowest BCUT2D eigenvalue weighted by atomic mass is 10.0. The predicted molar refractivity (Wildman–Crippen MR) is 102 cm³/mol. The van der Waals surface area contributed by atoms with Gasteiger partial charge in [-0.05, 0) is 51.1 Å². The summed E-state index contributed by atoms with van der Waals surface area (Å²) in [5.41, 5.74) is 3.37. The molecule has 134 valence electrons. The SMILES string of the molecule is C[C@H](Cc1ccccc1)N(Cc1cccc([C@H](C)N(C)C)c1)C(=O)O. The van der Waals surface area contributed by atoms with Crippen LogP contribution < -0.4 is 0 Å². The average Bonchev–Trinajstić information content (AvgIpc) is 2.59. The maximum absolute atomic E-state index is 11.8. The van der Waals surface area contributed by atoms with E-state index in [0.29, 0.717) is 19.0 Å². The van der Waals surface area contributed by atoms with Gasteiger partial charge >= 0.3 is 6.09 Å². The van der Waals surface area contributed by atoms with Crippen LogP contribution in [0.4, 0.5) is 4.79 Å². The zero-order chi connectivity index (χ0) is 18.4. The first kappa shape index (κ1) is 19.0. The fraction of sp³-hybridized carbons (Fsp3) is 0.381.